The van der Waals surface area contributed by atoms with Gasteiger partial charge in [-0.2, -0.15) is 0 Å². The predicted molar refractivity (Wildman–Crippen MR) is 154 cm³/mol. The lowest BCUT2D eigenvalue weighted by Gasteiger charge is -2.32. The van der Waals surface area contributed by atoms with Gasteiger partial charge in [0.15, 0.2) is 0 Å². The van der Waals surface area contributed by atoms with Crippen LogP contribution in [0.3, 0.4) is 0 Å². The number of benzene rings is 2. The van der Waals surface area contributed by atoms with Gasteiger partial charge in [0, 0.05) is 23.2 Å². The first kappa shape index (κ1) is 29.6. The standard InChI is InChI=1S/C29H30F4N6O2S/c1-39(2)21-10-8-20(9-11-21)35-29-34-15-26-27(37-29)22(28(32)33)14-25(36-26)18-5-12-24(23(31)13-18)38-42(40,41)16-17-3-6-19(30)7-4-17/h3-7,12-15,20-21,28,38H,8-11,16H2,1-2H3,(H,34,35,37)/t20-,21-. The van der Waals surface area contributed by atoms with Crippen LogP contribution < -0.4 is 10.0 Å². The van der Waals surface area contributed by atoms with E-state index in [1.54, 1.807) is 0 Å². The van der Waals surface area contributed by atoms with Gasteiger partial charge in [0.05, 0.1) is 23.3 Å². The SMILES string of the molecule is CN(C)[C@H]1CC[C@H](Nc2ncc3nc(-c4ccc(NS(=O)(=O)Cc5ccc(F)cc5)c(F)c4)cc(C(F)F)c3n2)CC1. The molecule has 1 saturated carbocycles. The van der Waals surface area contributed by atoms with Gasteiger partial charge in [0.2, 0.25) is 16.0 Å². The number of sulfonamides is 1. The molecule has 0 aliphatic heterocycles. The van der Waals surface area contributed by atoms with Crippen molar-refractivity contribution in [3.63, 3.8) is 0 Å². The van der Waals surface area contributed by atoms with Gasteiger partial charge in [-0.3, -0.25) is 4.72 Å². The molecule has 0 spiro atoms. The number of nitrogens with one attached hydrogen (secondary N) is 2. The zero-order valence-electron chi connectivity index (χ0n) is 23.0. The molecule has 0 amide bonds. The maximum absolute atomic E-state index is 15.0. The zero-order valence-corrected chi connectivity index (χ0v) is 23.8. The van der Waals surface area contributed by atoms with Crippen LogP contribution in [-0.4, -0.2) is 54.4 Å². The van der Waals surface area contributed by atoms with Crippen LogP contribution in [0.5, 0.6) is 0 Å². The molecule has 42 heavy (non-hydrogen) atoms. The number of anilines is 2. The van der Waals surface area contributed by atoms with E-state index in [0.29, 0.717) is 11.6 Å². The topological polar surface area (TPSA) is 100 Å². The Bertz CT molecular complexity index is 1680. The molecule has 4 aromatic rings. The van der Waals surface area contributed by atoms with Crippen LogP contribution in [0.2, 0.25) is 0 Å². The summed E-state index contributed by atoms with van der Waals surface area (Å²) in [7, 11) is 0.0907. The van der Waals surface area contributed by atoms with E-state index in [9.17, 15) is 26.0 Å². The van der Waals surface area contributed by atoms with Crippen LogP contribution in [0.1, 0.15) is 43.2 Å². The molecule has 2 aromatic carbocycles. The lowest BCUT2D eigenvalue weighted by molar-refractivity contribution is 0.153. The van der Waals surface area contributed by atoms with Crippen LogP contribution in [0.25, 0.3) is 22.3 Å². The molecular weight excluding hydrogens is 572 g/mol. The first-order valence-electron chi connectivity index (χ1n) is 13.4. The van der Waals surface area contributed by atoms with Crippen molar-refractivity contribution in [1.82, 2.24) is 19.9 Å². The minimum absolute atomic E-state index is 0.00104. The molecule has 2 heterocycles. The monoisotopic (exact) mass is 602 g/mol. The van der Waals surface area contributed by atoms with E-state index in [1.807, 2.05) is 0 Å². The van der Waals surface area contributed by atoms with Crippen molar-refractivity contribution in [2.75, 3.05) is 24.1 Å². The lowest BCUT2D eigenvalue weighted by atomic mass is 9.91. The number of aromatic nitrogens is 3. The lowest BCUT2D eigenvalue weighted by Crippen LogP contribution is -2.36. The number of pyridine rings is 1. The number of fused-ring (bicyclic) bond motifs is 1. The van der Waals surface area contributed by atoms with Crippen LogP contribution in [0.4, 0.5) is 29.2 Å². The van der Waals surface area contributed by atoms with Crippen LogP contribution in [0, 0.1) is 11.6 Å². The fourth-order valence-corrected chi connectivity index (χ4v) is 6.32. The summed E-state index contributed by atoms with van der Waals surface area (Å²) in [6, 6.07) is 10.3. The van der Waals surface area contributed by atoms with Gasteiger partial charge in [-0.05, 0) is 75.7 Å². The highest BCUT2D eigenvalue weighted by molar-refractivity contribution is 7.91. The van der Waals surface area contributed by atoms with Crippen molar-refractivity contribution >= 4 is 32.7 Å². The fraction of sp³-hybridized carbons (Fsp3) is 0.345. The number of hydrogen-bond donors (Lipinski definition) is 2. The largest absolute Gasteiger partial charge is 0.351 e. The summed E-state index contributed by atoms with van der Waals surface area (Å²) in [6.07, 6.45) is 2.32. The van der Waals surface area contributed by atoms with Gasteiger partial charge < -0.3 is 10.2 Å². The number of alkyl halides is 2. The third kappa shape index (κ3) is 6.96. The van der Waals surface area contributed by atoms with Crippen molar-refractivity contribution in [3.8, 4) is 11.3 Å². The van der Waals surface area contributed by atoms with Crippen molar-refractivity contribution in [1.29, 1.82) is 0 Å². The smallest absolute Gasteiger partial charge is 0.266 e. The molecule has 2 N–H and O–H groups in total. The van der Waals surface area contributed by atoms with Gasteiger partial charge in [-0.1, -0.05) is 18.2 Å². The van der Waals surface area contributed by atoms with Crippen molar-refractivity contribution in [2.24, 2.45) is 0 Å². The second-order valence-corrected chi connectivity index (χ2v) is 12.3. The van der Waals surface area contributed by atoms with Gasteiger partial charge >= 0.3 is 0 Å². The third-order valence-corrected chi connectivity index (χ3v) is 8.62. The first-order chi connectivity index (χ1) is 20.0. The second-order valence-electron chi connectivity index (χ2n) is 10.6. The summed E-state index contributed by atoms with van der Waals surface area (Å²) in [5.74, 6) is -1.68. The number of hydrogen-bond acceptors (Lipinski definition) is 7. The van der Waals surface area contributed by atoms with E-state index in [0.717, 1.165) is 49.9 Å². The van der Waals surface area contributed by atoms with E-state index in [-0.39, 0.29) is 45.5 Å². The molecule has 0 atom stereocenters. The summed E-state index contributed by atoms with van der Waals surface area (Å²) in [5, 5.41) is 3.26. The molecule has 5 rings (SSSR count). The van der Waals surface area contributed by atoms with Gasteiger partial charge in [-0.25, -0.2) is 40.9 Å². The Labute approximate surface area is 241 Å². The summed E-state index contributed by atoms with van der Waals surface area (Å²) >= 11 is 0. The molecule has 2 aromatic heterocycles. The van der Waals surface area contributed by atoms with Crippen molar-refractivity contribution in [3.05, 3.63) is 77.5 Å². The maximum atomic E-state index is 15.0. The van der Waals surface area contributed by atoms with Gasteiger partial charge in [-0.15, -0.1) is 0 Å². The minimum Gasteiger partial charge on any atom is -0.351 e. The molecule has 8 nitrogen and oxygen atoms in total. The molecule has 1 aliphatic carbocycles. The van der Waals surface area contributed by atoms with Gasteiger partial charge in [0.25, 0.3) is 6.43 Å². The van der Waals surface area contributed by atoms with Crippen molar-refractivity contribution in [2.45, 2.75) is 49.9 Å². The Morgan fingerprint density at radius 3 is 2.33 bits per heavy atom. The van der Waals surface area contributed by atoms with Gasteiger partial charge in [0.1, 0.15) is 22.7 Å². The summed E-state index contributed by atoms with van der Waals surface area (Å²) in [6.45, 7) is 0. The molecule has 222 valence electrons. The molecule has 0 radical (unpaired) electrons. The summed E-state index contributed by atoms with van der Waals surface area (Å²) in [5.41, 5.74) is -0.0388. The average Bonchev–Trinajstić information content (AvgIpc) is 2.95. The number of rotatable bonds is 9. The highest BCUT2D eigenvalue weighted by Crippen LogP contribution is 2.32. The van der Waals surface area contributed by atoms with Crippen LogP contribution >= 0.6 is 0 Å². The molecule has 0 unspecified atom stereocenters. The number of nitrogens with zero attached hydrogens (tertiary/aromatic N) is 4. The molecule has 0 saturated heterocycles. The van der Waals surface area contributed by atoms with E-state index < -0.39 is 33.8 Å². The maximum Gasteiger partial charge on any atom is 0.266 e. The Kier molecular flexibility index (Phi) is 8.60. The first-order valence-corrected chi connectivity index (χ1v) is 15.1. The molecule has 1 fully saturated rings. The zero-order chi connectivity index (χ0) is 30.0. The van der Waals surface area contributed by atoms with Crippen LogP contribution in [-0.2, 0) is 15.8 Å². The number of halogens is 4. The normalized spacial score (nSPS) is 17.6. The van der Waals surface area contributed by atoms with Crippen molar-refractivity contribution < 1.29 is 26.0 Å². The highest BCUT2D eigenvalue weighted by Gasteiger charge is 2.24. The Morgan fingerprint density at radius 1 is 0.976 bits per heavy atom. The van der Waals surface area contributed by atoms with E-state index >= 15 is 0 Å². The third-order valence-electron chi connectivity index (χ3n) is 7.37. The van der Waals surface area contributed by atoms with E-state index in [4.69, 9.17) is 0 Å². The highest BCUT2D eigenvalue weighted by atomic mass is 32.2. The second kappa shape index (κ2) is 12.2. The molecular formula is C29H30F4N6O2S. The van der Waals surface area contributed by atoms with E-state index in [1.165, 1.54) is 30.5 Å². The van der Waals surface area contributed by atoms with E-state index in [2.05, 4.69) is 44.0 Å². The molecule has 13 heteroatoms. The minimum atomic E-state index is -4.02. The summed E-state index contributed by atoms with van der Waals surface area (Å²) in [4.78, 5) is 15.2. The molecule has 1 aliphatic rings. The quantitative estimate of drug-likeness (QED) is 0.222. The Hall–Kier alpha value is -3.84. The van der Waals surface area contributed by atoms with Crippen LogP contribution in [0.15, 0.2) is 54.7 Å². The molecule has 0 bridgehead atoms. The Morgan fingerprint density at radius 2 is 1.69 bits per heavy atom. The summed E-state index contributed by atoms with van der Waals surface area (Å²) < 4.78 is 83.6. The fourth-order valence-electron chi connectivity index (χ4n) is 5.11. The predicted octanol–water partition coefficient (Wildman–Crippen LogP) is 6.13. The average molecular weight is 603 g/mol. The Balaban J connectivity index is 1.36.